The molecule has 2 N–H and O–H groups in total. The molecule has 0 atom stereocenters. The number of carbonyl (C=O) groups excluding carboxylic acids is 1. The van der Waals surface area contributed by atoms with Gasteiger partial charge in [-0.3, -0.25) is 5.32 Å². The lowest BCUT2D eigenvalue weighted by molar-refractivity contribution is 0.117. The molecule has 1 fully saturated rings. The fraction of sp³-hybridized carbons (Fsp3) is 0.438. The van der Waals surface area contributed by atoms with E-state index in [4.69, 9.17) is 4.74 Å². The number of carbonyl (C=O) groups is 1. The molecule has 1 aliphatic carbocycles. The minimum Gasteiger partial charge on any atom is -0.382 e. The van der Waals surface area contributed by atoms with Crippen molar-refractivity contribution in [2.75, 3.05) is 19.0 Å². The molecule has 2 amide bonds. The molecule has 0 saturated heterocycles. The van der Waals surface area contributed by atoms with Gasteiger partial charge in [-0.1, -0.05) is 43.2 Å². The normalized spacial score (nSPS) is 16.2. The van der Waals surface area contributed by atoms with Gasteiger partial charge in [-0.25, -0.2) is 4.79 Å². The number of hydrogen-bond donors (Lipinski definition) is 2. The van der Waals surface area contributed by atoms with Gasteiger partial charge >= 0.3 is 6.03 Å². The van der Waals surface area contributed by atoms with Crippen molar-refractivity contribution >= 4 is 22.7 Å². The summed E-state index contributed by atoms with van der Waals surface area (Å²) in [5, 5.41) is 6.33. The maximum atomic E-state index is 12.3. The number of nitrogens with zero attached hydrogens (tertiary/aromatic N) is 2. The van der Waals surface area contributed by atoms with Gasteiger partial charge in [0.15, 0.2) is 5.82 Å². The summed E-state index contributed by atoms with van der Waals surface area (Å²) in [5.74, 6) is 0.623. The third-order valence-electron chi connectivity index (χ3n) is 4.04. The number of hydrogen-bond acceptors (Lipinski definition) is 5. The summed E-state index contributed by atoms with van der Waals surface area (Å²) in [6.45, 7) is 0.534. The molecule has 1 aliphatic rings. The third-order valence-corrected chi connectivity index (χ3v) is 4.67. The smallest absolute Gasteiger partial charge is 0.321 e. The van der Waals surface area contributed by atoms with Crippen LogP contribution in [-0.4, -0.2) is 34.6 Å². The van der Waals surface area contributed by atoms with Gasteiger partial charge in [0, 0.05) is 24.2 Å². The molecule has 122 valence electrons. The summed E-state index contributed by atoms with van der Waals surface area (Å²) >= 11 is 1.18. The van der Waals surface area contributed by atoms with Crippen molar-refractivity contribution in [3.8, 4) is 11.4 Å². The fourth-order valence-corrected chi connectivity index (χ4v) is 3.57. The van der Waals surface area contributed by atoms with Crippen molar-refractivity contribution in [3.05, 3.63) is 30.3 Å². The summed E-state index contributed by atoms with van der Waals surface area (Å²) < 4.78 is 9.56. The number of benzene rings is 1. The van der Waals surface area contributed by atoms with Crippen molar-refractivity contribution in [2.45, 2.75) is 31.2 Å². The maximum absolute atomic E-state index is 12.3. The van der Waals surface area contributed by atoms with E-state index in [0.29, 0.717) is 17.6 Å². The van der Waals surface area contributed by atoms with E-state index in [1.54, 1.807) is 7.11 Å². The van der Waals surface area contributed by atoms with E-state index in [9.17, 15) is 4.79 Å². The first kappa shape index (κ1) is 15.9. The van der Waals surface area contributed by atoms with Gasteiger partial charge in [0.25, 0.3) is 0 Å². The monoisotopic (exact) mass is 332 g/mol. The number of rotatable bonds is 5. The lowest BCUT2D eigenvalue weighted by Crippen LogP contribution is -2.51. The molecular weight excluding hydrogens is 312 g/mol. The number of amides is 2. The van der Waals surface area contributed by atoms with Gasteiger partial charge in [0.1, 0.15) is 0 Å². The lowest BCUT2D eigenvalue weighted by Gasteiger charge is -2.29. The van der Waals surface area contributed by atoms with Gasteiger partial charge in [0.05, 0.1) is 12.1 Å². The van der Waals surface area contributed by atoms with Gasteiger partial charge in [0.2, 0.25) is 5.13 Å². The number of ether oxygens (including phenoxy) is 1. The van der Waals surface area contributed by atoms with Crippen LogP contribution < -0.4 is 10.6 Å². The topological polar surface area (TPSA) is 76.1 Å². The summed E-state index contributed by atoms with van der Waals surface area (Å²) in [5.41, 5.74) is 0.676. The molecule has 23 heavy (non-hydrogen) atoms. The van der Waals surface area contributed by atoms with Gasteiger partial charge < -0.3 is 10.1 Å². The summed E-state index contributed by atoms with van der Waals surface area (Å²) in [4.78, 5) is 16.6. The molecule has 1 aromatic heterocycles. The van der Waals surface area contributed by atoms with Crippen molar-refractivity contribution in [2.24, 2.45) is 0 Å². The van der Waals surface area contributed by atoms with Gasteiger partial charge in [-0.15, -0.1) is 0 Å². The predicted octanol–water partition coefficient (Wildman–Crippen LogP) is 3.29. The lowest BCUT2D eigenvalue weighted by atomic mass is 9.99. The minimum atomic E-state index is -0.258. The van der Waals surface area contributed by atoms with Crippen LogP contribution in [0, 0.1) is 0 Å². The number of methoxy groups -OCH3 is 1. The van der Waals surface area contributed by atoms with Crippen LogP contribution in [0.15, 0.2) is 30.3 Å². The Labute approximate surface area is 139 Å². The van der Waals surface area contributed by atoms with Crippen molar-refractivity contribution in [3.63, 3.8) is 0 Å². The number of nitrogens with one attached hydrogen (secondary N) is 2. The van der Waals surface area contributed by atoms with E-state index in [0.717, 1.165) is 31.2 Å². The molecule has 7 heteroatoms. The zero-order valence-corrected chi connectivity index (χ0v) is 13.9. The van der Waals surface area contributed by atoms with Crippen molar-refractivity contribution in [1.29, 1.82) is 0 Å². The highest BCUT2D eigenvalue weighted by Gasteiger charge is 2.35. The van der Waals surface area contributed by atoms with Crippen LogP contribution in [0.2, 0.25) is 0 Å². The van der Waals surface area contributed by atoms with Crippen LogP contribution in [0.3, 0.4) is 0 Å². The predicted molar refractivity (Wildman–Crippen MR) is 90.6 cm³/mol. The summed E-state index contributed by atoms with van der Waals surface area (Å²) in [6.07, 6.45) is 4.11. The molecule has 3 rings (SSSR count). The fourth-order valence-electron chi connectivity index (χ4n) is 2.98. The first-order chi connectivity index (χ1) is 11.2. The molecular formula is C16H20N4O2S. The van der Waals surface area contributed by atoms with E-state index >= 15 is 0 Å². The molecule has 1 aromatic carbocycles. The van der Waals surface area contributed by atoms with E-state index in [-0.39, 0.29) is 11.6 Å². The average molecular weight is 332 g/mol. The van der Waals surface area contributed by atoms with Gasteiger partial charge in [-0.05, 0) is 12.8 Å². The van der Waals surface area contributed by atoms with Crippen LogP contribution in [0.5, 0.6) is 0 Å². The summed E-state index contributed by atoms with van der Waals surface area (Å²) in [7, 11) is 1.66. The molecule has 0 unspecified atom stereocenters. The Morgan fingerprint density at radius 2 is 2.04 bits per heavy atom. The largest absolute Gasteiger partial charge is 0.382 e. The Kier molecular flexibility index (Phi) is 4.88. The highest BCUT2D eigenvalue weighted by Crippen LogP contribution is 2.30. The van der Waals surface area contributed by atoms with E-state index in [2.05, 4.69) is 20.0 Å². The highest BCUT2D eigenvalue weighted by molar-refractivity contribution is 7.10. The second-order valence-electron chi connectivity index (χ2n) is 5.79. The molecule has 1 saturated carbocycles. The van der Waals surface area contributed by atoms with Crippen molar-refractivity contribution < 1.29 is 9.53 Å². The van der Waals surface area contributed by atoms with E-state index < -0.39 is 0 Å². The molecule has 0 aliphatic heterocycles. The Morgan fingerprint density at radius 1 is 1.30 bits per heavy atom. The van der Waals surface area contributed by atoms with Crippen LogP contribution in [0.1, 0.15) is 25.7 Å². The molecule has 6 nitrogen and oxygen atoms in total. The second kappa shape index (κ2) is 7.06. The molecule has 2 aromatic rings. The maximum Gasteiger partial charge on any atom is 0.321 e. The second-order valence-corrected chi connectivity index (χ2v) is 6.54. The summed E-state index contributed by atoms with van der Waals surface area (Å²) in [6, 6.07) is 9.45. The van der Waals surface area contributed by atoms with E-state index in [1.807, 2.05) is 30.3 Å². The third kappa shape index (κ3) is 3.86. The Morgan fingerprint density at radius 3 is 2.74 bits per heavy atom. The van der Waals surface area contributed by atoms with Crippen LogP contribution in [-0.2, 0) is 4.74 Å². The van der Waals surface area contributed by atoms with Crippen molar-refractivity contribution in [1.82, 2.24) is 14.7 Å². The van der Waals surface area contributed by atoms with Crippen LogP contribution in [0.4, 0.5) is 9.93 Å². The first-order valence-electron chi connectivity index (χ1n) is 7.68. The quantitative estimate of drug-likeness (QED) is 0.881. The number of anilines is 1. The molecule has 0 radical (unpaired) electrons. The molecule has 0 spiro atoms. The Hall–Kier alpha value is -1.99. The Balaban J connectivity index is 1.63. The zero-order chi connectivity index (χ0) is 16.1. The minimum absolute atomic E-state index is 0.250. The Bertz CT molecular complexity index is 653. The first-order valence-corrected chi connectivity index (χ1v) is 8.45. The molecule has 1 heterocycles. The van der Waals surface area contributed by atoms with E-state index in [1.165, 1.54) is 11.5 Å². The highest BCUT2D eigenvalue weighted by atomic mass is 32.1. The van der Waals surface area contributed by atoms with Crippen LogP contribution >= 0.6 is 11.5 Å². The SMILES string of the molecule is COCC1(NC(=O)Nc2nc(-c3ccccc3)ns2)CCCC1. The number of aromatic nitrogens is 2. The standard InChI is InChI=1S/C16H20N4O2S/c1-22-11-16(9-5-6-10-16)19-14(21)18-15-17-13(20-23-15)12-7-3-2-4-8-12/h2-4,7-8H,5-6,9-11H2,1H3,(H2,17,18,19,20,21). The van der Waals surface area contributed by atoms with Gasteiger partial charge in [-0.2, -0.15) is 9.36 Å². The number of urea groups is 1. The van der Waals surface area contributed by atoms with Crippen LogP contribution in [0.25, 0.3) is 11.4 Å². The molecule has 0 bridgehead atoms. The average Bonchev–Trinajstić information content (AvgIpc) is 3.18. The zero-order valence-electron chi connectivity index (χ0n) is 13.0.